The quantitative estimate of drug-likeness (QED) is 0.581. The van der Waals surface area contributed by atoms with Crippen LogP contribution >= 0.6 is 0 Å². The predicted molar refractivity (Wildman–Crippen MR) is 42.2 cm³/mol. The normalized spacial score (nSPS) is 26.1. The lowest BCUT2D eigenvalue weighted by Crippen LogP contribution is -2.41. The second-order valence-corrected chi connectivity index (χ2v) is 5.03. The number of hydrogen-bond donors (Lipinski definition) is 1. The standard InChI is InChI=1S/C6H15NO2Si/c1-8-10(9-2)6-4-3-5-7-6/h6-7,10H,3-5H2,1-2H3. The second-order valence-electron chi connectivity index (χ2n) is 2.54. The van der Waals surface area contributed by atoms with Crippen LogP contribution in [-0.4, -0.2) is 35.7 Å². The zero-order valence-corrected chi connectivity index (χ0v) is 7.75. The molecule has 1 aliphatic heterocycles. The molecule has 10 heavy (non-hydrogen) atoms. The van der Waals surface area contributed by atoms with Crippen LogP contribution in [0.2, 0.25) is 0 Å². The van der Waals surface area contributed by atoms with Crippen LogP contribution in [0.15, 0.2) is 0 Å². The molecule has 1 heterocycles. The lowest BCUT2D eigenvalue weighted by molar-refractivity contribution is 0.263. The SMILES string of the molecule is CO[SiH](OC)C1CCCN1. The maximum absolute atomic E-state index is 5.24. The van der Waals surface area contributed by atoms with Gasteiger partial charge in [0, 0.05) is 19.9 Å². The van der Waals surface area contributed by atoms with Crippen LogP contribution in [0.3, 0.4) is 0 Å². The highest BCUT2D eigenvalue weighted by Gasteiger charge is 2.26. The Kier molecular flexibility index (Phi) is 3.34. The van der Waals surface area contributed by atoms with Crippen LogP contribution < -0.4 is 5.32 Å². The first-order valence-electron chi connectivity index (χ1n) is 3.67. The van der Waals surface area contributed by atoms with Crippen LogP contribution in [-0.2, 0) is 8.85 Å². The third-order valence-corrected chi connectivity index (χ3v) is 4.05. The molecule has 0 aromatic carbocycles. The van der Waals surface area contributed by atoms with Crippen molar-refractivity contribution in [2.24, 2.45) is 0 Å². The van der Waals surface area contributed by atoms with Gasteiger partial charge in [0.05, 0.1) is 0 Å². The highest BCUT2D eigenvalue weighted by molar-refractivity contribution is 6.46. The van der Waals surface area contributed by atoms with Gasteiger partial charge < -0.3 is 14.2 Å². The molecule has 0 amide bonds. The van der Waals surface area contributed by atoms with Crippen molar-refractivity contribution in [2.45, 2.75) is 18.5 Å². The van der Waals surface area contributed by atoms with Gasteiger partial charge in [-0.15, -0.1) is 0 Å². The van der Waals surface area contributed by atoms with Crippen molar-refractivity contribution in [1.82, 2.24) is 5.32 Å². The van der Waals surface area contributed by atoms with Crippen molar-refractivity contribution in [3.8, 4) is 0 Å². The Morgan fingerprint density at radius 3 is 2.50 bits per heavy atom. The minimum absolute atomic E-state index is 0.537. The molecule has 60 valence electrons. The van der Waals surface area contributed by atoms with Crippen molar-refractivity contribution < 1.29 is 8.85 Å². The van der Waals surface area contributed by atoms with E-state index in [1.807, 2.05) is 0 Å². The highest BCUT2D eigenvalue weighted by atomic mass is 28.3. The minimum atomic E-state index is -1.36. The molecule has 1 fully saturated rings. The molecule has 0 bridgehead atoms. The number of rotatable bonds is 3. The van der Waals surface area contributed by atoms with Crippen molar-refractivity contribution >= 4 is 9.28 Å². The Hall–Kier alpha value is 0.0969. The maximum Gasteiger partial charge on any atom is 0.338 e. The summed E-state index contributed by atoms with van der Waals surface area (Å²) in [5.41, 5.74) is 0.537. The van der Waals surface area contributed by atoms with Gasteiger partial charge in [0.2, 0.25) is 0 Å². The smallest absolute Gasteiger partial charge is 0.338 e. The van der Waals surface area contributed by atoms with E-state index in [4.69, 9.17) is 8.85 Å². The molecule has 0 aromatic rings. The first kappa shape index (κ1) is 8.20. The molecular formula is C6H15NO2Si. The summed E-state index contributed by atoms with van der Waals surface area (Å²) in [5.74, 6) is 0. The monoisotopic (exact) mass is 161 g/mol. The summed E-state index contributed by atoms with van der Waals surface area (Å²) in [7, 11) is 2.12. The fourth-order valence-electron chi connectivity index (χ4n) is 1.37. The summed E-state index contributed by atoms with van der Waals surface area (Å²) in [6.45, 7) is 1.13. The first-order valence-corrected chi connectivity index (χ1v) is 5.28. The Labute approximate surface area is 63.6 Å². The average Bonchev–Trinajstić information content (AvgIpc) is 2.43. The summed E-state index contributed by atoms with van der Waals surface area (Å²) in [5, 5.41) is 3.37. The van der Waals surface area contributed by atoms with Gasteiger partial charge in [0.1, 0.15) is 0 Å². The maximum atomic E-state index is 5.24. The van der Waals surface area contributed by atoms with Gasteiger partial charge in [-0.1, -0.05) is 0 Å². The molecule has 0 aliphatic carbocycles. The summed E-state index contributed by atoms with van der Waals surface area (Å²) in [6.07, 6.45) is 2.49. The van der Waals surface area contributed by atoms with Crippen LogP contribution in [0.1, 0.15) is 12.8 Å². The van der Waals surface area contributed by atoms with Crippen molar-refractivity contribution in [3.63, 3.8) is 0 Å². The molecule has 1 N–H and O–H groups in total. The van der Waals surface area contributed by atoms with Gasteiger partial charge in [-0.05, 0) is 19.4 Å². The molecule has 0 aromatic heterocycles. The van der Waals surface area contributed by atoms with Crippen LogP contribution in [0.4, 0.5) is 0 Å². The van der Waals surface area contributed by atoms with Gasteiger partial charge in [0.25, 0.3) is 0 Å². The lowest BCUT2D eigenvalue weighted by Gasteiger charge is -2.17. The highest BCUT2D eigenvalue weighted by Crippen LogP contribution is 2.08. The first-order chi connectivity index (χ1) is 4.88. The van der Waals surface area contributed by atoms with E-state index in [1.165, 1.54) is 12.8 Å². The van der Waals surface area contributed by atoms with E-state index < -0.39 is 9.28 Å². The Bertz CT molecular complexity index is 91.7. The molecule has 1 aliphatic rings. The van der Waals surface area contributed by atoms with Gasteiger partial charge in [-0.2, -0.15) is 0 Å². The molecule has 4 heteroatoms. The number of hydrogen-bond acceptors (Lipinski definition) is 3. The van der Waals surface area contributed by atoms with E-state index in [0.29, 0.717) is 5.67 Å². The van der Waals surface area contributed by atoms with Crippen LogP contribution in [0, 0.1) is 0 Å². The van der Waals surface area contributed by atoms with E-state index in [0.717, 1.165) is 6.54 Å². The van der Waals surface area contributed by atoms with Crippen molar-refractivity contribution in [3.05, 3.63) is 0 Å². The van der Waals surface area contributed by atoms with E-state index in [9.17, 15) is 0 Å². The van der Waals surface area contributed by atoms with E-state index in [-0.39, 0.29) is 0 Å². The zero-order chi connectivity index (χ0) is 7.40. The molecule has 1 rings (SSSR count). The molecule has 3 nitrogen and oxygen atoms in total. The Morgan fingerprint density at radius 1 is 1.40 bits per heavy atom. The number of nitrogens with one attached hydrogen (secondary N) is 1. The zero-order valence-electron chi connectivity index (χ0n) is 6.59. The predicted octanol–water partition coefficient (Wildman–Crippen LogP) is -0.209. The third-order valence-electron chi connectivity index (χ3n) is 1.89. The minimum Gasteiger partial charge on any atom is -0.399 e. The van der Waals surface area contributed by atoms with E-state index in [2.05, 4.69) is 5.32 Å². The molecule has 1 atom stereocenters. The van der Waals surface area contributed by atoms with Gasteiger partial charge in [-0.25, -0.2) is 0 Å². The summed E-state index contributed by atoms with van der Waals surface area (Å²) < 4.78 is 10.5. The fourth-order valence-corrected chi connectivity index (χ4v) is 3.09. The molecule has 0 spiro atoms. The van der Waals surface area contributed by atoms with Crippen LogP contribution in [0.25, 0.3) is 0 Å². The third kappa shape index (κ3) is 1.79. The van der Waals surface area contributed by atoms with Crippen molar-refractivity contribution in [1.29, 1.82) is 0 Å². The van der Waals surface area contributed by atoms with Crippen LogP contribution in [0.5, 0.6) is 0 Å². The summed E-state index contributed by atoms with van der Waals surface area (Å²) >= 11 is 0. The van der Waals surface area contributed by atoms with Gasteiger partial charge in [-0.3, -0.25) is 0 Å². The van der Waals surface area contributed by atoms with Crippen molar-refractivity contribution in [2.75, 3.05) is 20.8 Å². The fraction of sp³-hybridized carbons (Fsp3) is 1.00. The molecule has 1 unspecified atom stereocenters. The molecule has 0 saturated carbocycles. The molecule has 1 saturated heterocycles. The summed E-state index contributed by atoms with van der Waals surface area (Å²) in [4.78, 5) is 0. The molecular weight excluding hydrogens is 146 g/mol. The Morgan fingerprint density at radius 2 is 2.10 bits per heavy atom. The Balaban J connectivity index is 2.29. The summed E-state index contributed by atoms with van der Waals surface area (Å²) in [6, 6.07) is 0. The topological polar surface area (TPSA) is 30.5 Å². The van der Waals surface area contributed by atoms with E-state index >= 15 is 0 Å². The average molecular weight is 161 g/mol. The largest absolute Gasteiger partial charge is 0.399 e. The van der Waals surface area contributed by atoms with E-state index in [1.54, 1.807) is 14.2 Å². The second kappa shape index (κ2) is 4.08. The van der Waals surface area contributed by atoms with Gasteiger partial charge >= 0.3 is 9.28 Å². The lowest BCUT2D eigenvalue weighted by atomic mass is 10.4. The molecule has 0 radical (unpaired) electrons. The van der Waals surface area contributed by atoms with Gasteiger partial charge in [0.15, 0.2) is 0 Å².